The third-order valence-electron chi connectivity index (χ3n) is 2.12. The molecule has 0 spiro atoms. The molecule has 0 radical (unpaired) electrons. The molecule has 19 heavy (non-hydrogen) atoms. The molecule has 0 aliphatic rings. The number of alkyl halides is 3. The summed E-state index contributed by atoms with van der Waals surface area (Å²) in [7, 11) is 0. The first-order chi connectivity index (χ1) is 8.86. The molecule has 0 unspecified atom stereocenters. The number of halogens is 4. The molecule has 0 amide bonds. The molecule has 8 heteroatoms. The maximum Gasteiger partial charge on any atom is 0.435 e. The average Bonchev–Trinajstić information content (AvgIpc) is 2.33. The van der Waals surface area contributed by atoms with E-state index in [0.717, 1.165) is 12.1 Å². The van der Waals surface area contributed by atoms with Crippen LogP contribution in [0.4, 0.5) is 18.9 Å². The van der Waals surface area contributed by atoms with Crippen molar-refractivity contribution in [3.63, 3.8) is 0 Å². The van der Waals surface area contributed by atoms with E-state index in [1.165, 1.54) is 12.1 Å². The van der Waals surface area contributed by atoms with E-state index in [1.807, 2.05) is 0 Å². The van der Waals surface area contributed by atoms with Crippen LogP contribution in [-0.2, 0) is 6.18 Å². The molecular weight excluding hydrogens is 283 g/mol. The summed E-state index contributed by atoms with van der Waals surface area (Å²) in [5.41, 5.74) is 4.81. The van der Waals surface area contributed by atoms with Crippen molar-refractivity contribution in [2.75, 3.05) is 5.73 Å². The predicted octanol–water partition coefficient (Wildman–Crippen LogP) is 3.52. The summed E-state index contributed by atoms with van der Waals surface area (Å²) < 4.78 is 42.1. The van der Waals surface area contributed by atoms with Crippen LogP contribution in [0.15, 0.2) is 30.3 Å². The zero-order chi connectivity index (χ0) is 14.0. The number of aromatic nitrogens is 2. The molecule has 0 bridgehead atoms. The van der Waals surface area contributed by atoms with Gasteiger partial charge in [0.15, 0.2) is 11.4 Å². The Labute approximate surface area is 111 Å². The SMILES string of the molecule is Nc1ccc(Cl)cc1Oc1ccc(C(F)(F)F)nn1. The maximum atomic E-state index is 12.3. The summed E-state index contributed by atoms with van der Waals surface area (Å²) in [6.45, 7) is 0. The minimum Gasteiger partial charge on any atom is -0.435 e. The first kappa shape index (κ1) is 13.4. The number of hydrogen-bond donors (Lipinski definition) is 1. The van der Waals surface area contributed by atoms with Crippen LogP contribution in [0, 0.1) is 0 Å². The molecule has 100 valence electrons. The lowest BCUT2D eigenvalue weighted by Crippen LogP contribution is -2.09. The second-order valence-corrected chi connectivity index (χ2v) is 3.98. The summed E-state index contributed by atoms with van der Waals surface area (Å²) in [5, 5.41) is 6.72. The van der Waals surface area contributed by atoms with E-state index in [4.69, 9.17) is 22.1 Å². The van der Waals surface area contributed by atoms with Crippen molar-refractivity contribution in [3.05, 3.63) is 41.0 Å². The fourth-order valence-electron chi connectivity index (χ4n) is 1.23. The first-order valence-corrected chi connectivity index (χ1v) is 5.38. The van der Waals surface area contributed by atoms with Gasteiger partial charge in [-0.05, 0) is 18.2 Å². The number of ether oxygens (including phenoxy) is 1. The third kappa shape index (κ3) is 3.25. The van der Waals surface area contributed by atoms with Crippen LogP contribution in [0.1, 0.15) is 5.69 Å². The number of rotatable bonds is 2. The lowest BCUT2D eigenvalue weighted by Gasteiger charge is -2.08. The summed E-state index contributed by atoms with van der Waals surface area (Å²) in [6.07, 6.45) is -4.54. The molecule has 0 fully saturated rings. The van der Waals surface area contributed by atoms with Crippen LogP contribution in [-0.4, -0.2) is 10.2 Å². The summed E-state index contributed by atoms with van der Waals surface area (Å²) in [6, 6.07) is 6.31. The van der Waals surface area contributed by atoms with Crippen molar-refractivity contribution in [1.29, 1.82) is 0 Å². The van der Waals surface area contributed by atoms with Crippen LogP contribution < -0.4 is 10.5 Å². The van der Waals surface area contributed by atoms with E-state index in [1.54, 1.807) is 6.07 Å². The number of hydrogen-bond acceptors (Lipinski definition) is 4. The molecule has 1 aromatic carbocycles. The van der Waals surface area contributed by atoms with Gasteiger partial charge in [0.1, 0.15) is 0 Å². The smallest absolute Gasteiger partial charge is 0.435 e. The van der Waals surface area contributed by atoms with Crippen molar-refractivity contribution in [2.24, 2.45) is 0 Å². The topological polar surface area (TPSA) is 61.0 Å². The van der Waals surface area contributed by atoms with Crippen molar-refractivity contribution < 1.29 is 17.9 Å². The van der Waals surface area contributed by atoms with E-state index >= 15 is 0 Å². The third-order valence-corrected chi connectivity index (χ3v) is 2.36. The number of anilines is 1. The molecule has 1 heterocycles. The second kappa shape index (κ2) is 4.93. The van der Waals surface area contributed by atoms with Gasteiger partial charge in [-0.2, -0.15) is 13.2 Å². The fraction of sp³-hybridized carbons (Fsp3) is 0.0909. The Morgan fingerprint density at radius 3 is 2.42 bits per heavy atom. The molecule has 0 atom stereocenters. The Balaban J connectivity index is 2.22. The van der Waals surface area contributed by atoms with Crippen LogP contribution in [0.2, 0.25) is 5.02 Å². The monoisotopic (exact) mass is 289 g/mol. The molecule has 4 nitrogen and oxygen atoms in total. The molecular formula is C11H7ClF3N3O. The lowest BCUT2D eigenvalue weighted by molar-refractivity contribution is -0.141. The van der Waals surface area contributed by atoms with E-state index in [-0.39, 0.29) is 17.3 Å². The van der Waals surface area contributed by atoms with Gasteiger partial charge in [0.2, 0.25) is 5.88 Å². The number of nitrogens with zero attached hydrogens (tertiary/aromatic N) is 2. The van der Waals surface area contributed by atoms with Crippen molar-refractivity contribution in [2.45, 2.75) is 6.18 Å². The minimum atomic E-state index is -4.54. The normalized spacial score (nSPS) is 11.4. The highest BCUT2D eigenvalue weighted by Crippen LogP contribution is 2.31. The Morgan fingerprint density at radius 1 is 1.11 bits per heavy atom. The van der Waals surface area contributed by atoms with Crippen LogP contribution in [0.25, 0.3) is 0 Å². The second-order valence-electron chi connectivity index (χ2n) is 3.54. The lowest BCUT2D eigenvalue weighted by atomic mass is 10.3. The van der Waals surface area contributed by atoms with Gasteiger partial charge in [0.25, 0.3) is 0 Å². The highest BCUT2D eigenvalue weighted by atomic mass is 35.5. The quantitative estimate of drug-likeness (QED) is 0.859. The van der Waals surface area contributed by atoms with Gasteiger partial charge in [-0.15, -0.1) is 10.2 Å². The van der Waals surface area contributed by atoms with Gasteiger partial charge in [0, 0.05) is 17.2 Å². The number of benzene rings is 1. The van der Waals surface area contributed by atoms with Gasteiger partial charge < -0.3 is 10.5 Å². The van der Waals surface area contributed by atoms with E-state index in [0.29, 0.717) is 5.02 Å². The molecule has 0 saturated carbocycles. The highest BCUT2D eigenvalue weighted by Gasteiger charge is 2.33. The summed E-state index contributed by atoms with van der Waals surface area (Å²) in [5.74, 6) is 0.0866. The molecule has 2 rings (SSSR count). The fourth-order valence-corrected chi connectivity index (χ4v) is 1.40. The van der Waals surface area contributed by atoms with Gasteiger partial charge in [-0.3, -0.25) is 0 Å². The largest absolute Gasteiger partial charge is 0.435 e. The molecule has 0 aliphatic carbocycles. The molecule has 0 aliphatic heterocycles. The molecule has 2 aromatic rings. The van der Waals surface area contributed by atoms with Crippen molar-refractivity contribution in [1.82, 2.24) is 10.2 Å². The Morgan fingerprint density at radius 2 is 1.84 bits per heavy atom. The zero-order valence-corrected chi connectivity index (χ0v) is 10.0. The predicted molar refractivity (Wildman–Crippen MR) is 63.0 cm³/mol. The highest BCUT2D eigenvalue weighted by molar-refractivity contribution is 6.30. The standard InChI is InChI=1S/C11H7ClF3N3O/c12-6-1-2-7(16)8(5-6)19-10-4-3-9(17-18-10)11(13,14)15/h1-5H,16H2. The Bertz CT molecular complexity index is 587. The van der Waals surface area contributed by atoms with Gasteiger partial charge in [0.05, 0.1) is 5.69 Å². The van der Waals surface area contributed by atoms with Gasteiger partial charge in [-0.25, -0.2) is 0 Å². The van der Waals surface area contributed by atoms with Crippen LogP contribution >= 0.6 is 11.6 Å². The summed E-state index contributed by atoms with van der Waals surface area (Å²) in [4.78, 5) is 0. The molecule has 1 aromatic heterocycles. The van der Waals surface area contributed by atoms with Gasteiger partial charge >= 0.3 is 6.18 Å². The zero-order valence-electron chi connectivity index (χ0n) is 9.28. The van der Waals surface area contributed by atoms with Gasteiger partial charge in [-0.1, -0.05) is 11.6 Å². The summed E-state index contributed by atoms with van der Waals surface area (Å²) >= 11 is 5.75. The van der Waals surface area contributed by atoms with Crippen molar-refractivity contribution >= 4 is 17.3 Å². The number of nitrogen functional groups attached to an aromatic ring is 1. The first-order valence-electron chi connectivity index (χ1n) is 5.00. The maximum absolute atomic E-state index is 12.3. The molecule has 2 N–H and O–H groups in total. The minimum absolute atomic E-state index is 0.109. The van der Waals surface area contributed by atoms with E-state index < -0.39 is 11.9 Å². The Kier molecular flexibility index (Phi) is 3.48. The van der Waals surface area contributed by atoms with Crippen LogP contribution in [0.5, 0.6) is 11.6 Å². The molecule has 0 saturated heterocycles. The Hall–Kier alpha value is -2.02. The number of nitrogens with two attached hydrogens (primary N) is 1. The van der Waals surface area contributed by atoms with Crippen molar-refractivity contribution in [3.8, 4) is 11.6 Å². The average molecular weight is 290 g/mol. The van der Waals surface area contributed by atoms with Crippen LogP contribution in [0.3, 0.4) is 0 Å². The van der Waals surface area contributed by atoms with E-state index in [2.05, 4.69) is 10.2 Å². The van der Waals surface area contributed by atoms with E-state index in [9.17, 15) is 13.2 Å².